The molecule has 0 saturated heterocycles. The molecule has 122 valence electrons. The number of hydrogen-bond donors (Lipinski definition) is 0. The first-order chi connectivity index (χ1) is 11.1. The molecule has 0 aliphatic carbocycles. The highest BCUT2D eigenvalue weighted by Crippen LogP contribution is 2.44. The number of carbonyl (C=O) groups excluding carboxylic acids is 1. The second kappa shape index (κ2) is 7.05. The molecule has 0 fully saturated rings. The van der Waals surface area contributed by atoms with Crippen LogP contribution in [0.2, 0.25) is 0 Å². The van der Waals surface area contributed by atoms with Gasteiger partial charge in [0, 0.05) is 19.8 Å². The van der Waals surface area contributed by atoms with Gasteiger partial charge in [-0.05, 0) is 29.3 Å². The van der Waals surface area contributed by atoms with E-state index in [4.69, 9.17) is 14.2 Å². The van der Waals surface area contributed by atoms with Gasteiger partial charge in [-0.15, -0.1) is 0 Å². The Morgan fingerprint density at radius 3 is 1.96 bits per heavy atom. The van der Waals surface area contributed by atoms with E-state index in [0.717, 1.165) is 23.1 Å². The Labute approximate surface area is 136 Å². The highest BCUT2D eigenvalue weighted by atomic mass is 16.5. The van der Waals surface area contributed by atoms with E-state index in [-0.39, 0.29) is 0 Å². The summed E-state index contributed by atoms with van der Waals surface area (Å²) in [5.74, 6) is 1.29. The summed E-state index contributed by atoms with van der Waals surface area (Å²) in [6.07, 6.45) is 0.774. The first-order valence-corrected chi connectivity index (χ1v) is 7.13. The summed E-state index contributed by atoms with van der Waals surface area (Å²) in [7, 11) is 8.52. The molecular weight excluding hydrogens is 294 g/mol. The van der Waals surface area contributed by atoms with Crippen LogP contribution in [-0.2, 0) is 0 Å². The predicted octanol–water partition coefficient (Wildman–Crippen LogP) is 3.26. The molecule has 0 heterocycles. The van der Waals surface area contributed by atoms with Gasteiger partial charge >= 0.3 is 0 Å². The molecular formula is C18H21NO4. The van der Waals surface area contributed by atoms with Gasteiger partial charge in [-0.3, -0.25) is 4.79 Å². The van der Waals surface area contributed by atoms with Gasteiger partial charge in [0.05, 0.1) is 26.9 Å². The predicted molar refractivity (Wildman–Crippen MR) is 91.2 cm³/mol. The third kappa shape index (κ3) is 3.08. The van der Waals surface area contributed by atoms with Crippen LogP contribution < -0.4 is 19.1 Å². The second-order valence-corrected chi connectivity index (χ2v) is 5.17. The molecule has 0 spiro atoms. The molecule has 5 heteroatoms. The number of methoxy groups -OCH3 is 3. The lowest BCUT2D eigenvalue weighted by Gasteiger charge is -2.18. The molecule has 0 amide bonds. The van der Waals surface area contributed by atoms with Crippen molar-refractivity contribution in [3.05, 3.63) is 35.9 Å². The minimum absolute atomic E-state index is 0.369. The Kier molecular flexibility index (Phi) is 5.11. The van der Waals surface area contributed by atoms with Crippen molar-refractivity contribution in [3.8, 4) is 28.4 Å². The van der Waals surface area contributed by atoms with Crippen LogP contribution in [0.15, 0.2) is 30.3 Å². The molecule has 0 aromatic heterocycles. The number of carbonyl (C=O) groups is 1. The number of benzene rings is 2. The van der Waals surface area contributed by atoms with Gasteiger partial charge in [0.15, 0.2) is 17.8 Å². The quantitative estimate of drug-likeness (QED) is 0.766. The summed E-state index contributed by atoms with van der Waals surface area (Å²) in [4.78, 5) is 13.7. The van der Waals surface area contributed by atoms with Crippen LogP contribution in [0, 0.1) is 0 Å². The normalized spacial score (nSPS) is 10.1. The molecule has 0 aliphatic heterocycles. The Hall–Kier alpha value is -2.69. The largest absolute Gasteiger partial charge is 0.493 e. The molecule has 0 unspecified atom stereocenters. The van der Waals surface area contributed by atoms with E-state index in [1.165, 1.54) is 14.2 Å². The van der Waals surface area contributed by atoms with Crippen molar-refractivity contribution in [2.24, 2.45) is 0 Å². The number of anilines is 1. The number of hydrogen-bond acceptors (Lipinski definition) is 5. The fraction of sp³-hybridized carbons (Fsp3) is 0.278. The van der Waals surface area contributed by atoms with E-state index in [1.807, 2.05) is 43.3 Å². The zero-order valence-corrected chi connectivity index (χ0v) is 14.0. The summed E-state index contributed by atoms with van der Waals surface area (Å²) < 4.78 is 16.1. The van der Waals surface area contributed by atoms with E-state index in [2.05, 4.69) is 0 Å². The van der Waals surface area contributed by atoms with Gasteiger partial charge in [-0.25, -0.2) is 0 Å². The zero-order chi connectivity index (χ0) is 17.0. The number of ether oxygens (including phenoxy) is 3. The maximum atomic E-state index is 11.6. The Balaban J connectivity index is 2.67. The van der Waals surface area contributed by atoms with Crippen LogP contribution >= 0.6 is 0 Å². The average molecular weight is 315 g/mol. The molecule has 2 aromatic carbocycles. The van der Waals surface area contributed by atoms with E-state index in [0.29, 0.717) is 22.8 Å². The smallest absolute Gasteiger partial charge is 0.204 e. The van der Waals surface area contributed by atoms with Crippen molar-refractivity contribution < 1.29 is 19.0 Å². The van der Waals surface area contributed by atoms with Crippen LogP contribution in [0.1, 0.15) is 10.4 Å². The number of aldehydes is 1. The highest BCUT2D eigenvalue weighted by molar-refractivity contribution is 5.94. The summed E-state index contributed by atoms with van der Waals surface area (Å²) in [5.41, 5.74) is 3.15. The minimum Gasteiger partial charge on any atom is -0.493 e. The van der Waals surface area contributed by atoms with E-state index < -0.39 is 0 Å². The molecule has 0 saturated carbocycles. The lowest BCUT2D eigenvalue weighted by molar-refractivity contribution is 0.112. The van der Waals surface area contributed by atoms with Crippen LogP contribution in [0.25, 0.3) is 11.1 Å². The molecule has 0 radical (unpaired) electrons. The molecule has 0 aliphatic rings. The molecule has 23 heavy (non-hydrogen) atoms. The molecule has 0 N–H and O–H groups in total. The average Bonchev–Trinajstić information content (AvgIpc) is 2.59. The van der Waals surface area contributed by atoms with Crippen molar-refractivity contribution in [2.45, 2.75) is 0 Å². The van der Waals surface area contributed by atoms with Crippen molar-refractivity contribution in [2.75, 3.05) is 40.3 Å². The van der Waals surface area contributed by atoms with Crippen LogP contribution in [-0.4, -0.2) is 41.7 Å². The van der Waals surface area contributed by atoms with Crippen molar-refractivity contribution in [1.29, 1.82) is 0 Å². The molecule has 0 bridgehead atoms. The molecule has 2 rings (SSSR count). The van der Waals surface area contributed by atoms with E-state index >= 15 is 0 Å². The third-order valence-electron chi connectivity index (χ3n) is 3.68. The Morgan fingerprint density at radius 1 is 0.913 bits per heavy atom. The molecule has 0 atom stereocenters. The van der Waals surface area contributed by atoms with Crippen molar-refractivity contribution in [1.82, 2.24) is 0 Å². The van der Waals surface area contributed by atoms with Gasteiger partial charge in [0.2, 0.25) is 5.75 Å². The monoisotopic (exact) mass is 315 g/mol. The Bertz CT molecular complexity index is 693. The topological polar surface area (TPSA) is 48.0 Å². The lowest BCUT2D eigenvalue weighted by atomic mass is 9.98. The maximum Gasteiger partial charge on any atom is 0.204 e. The first-order valence-electron chi connectivity index (χ1n) is 7.13. The summed E-state index contributed by atoms with van der Waals surface area (Å²) in [6.45, 7) is 0. The van der Waals surface area contributed by atoms with Crippen molar-refractivity contribution in [3.63, 3.8) is 0 Å². The summed E-state index contributed by atoms with van der Waals surface area (Å²) >= 11 is 0. The van der Waals surface area contributed by atoms with Gasteiger partial charge < -0.3 is 19.1 Å². The third-order valence-corrected chi connectivity index (χ3v) is 3.68. The summed E-state index contributed by atoms with van der Waals surface area (Å²) in [5, 5.41) is 0. The van der Waals surface area contributed by atoms with Gasteiger partial charge in [0.25, 0.3) is 0 Å². The van der Waals surface area contributed by atoms with E-state index in [9.17, 15) is 4.79 Å². The lowest BCUT2D eigenvalue weighted by Crippen LogP contribution is -2.08. The second-order valence-electron chi connectivity index (χ2n) is 5.17. The fourth-order valence-corrected chi connectivity index (χ4v) is 2.47. The molecule has 2 aromatic rings. The maximum absolute atomic E-state index is 11.6. The van der Waals surface area contributed by atoms with Crippen LogP contribution in [0.3, 0.4) is 0 Å². The van der Waals surface area contributed by atoms with Gasteiger partial charge in [-0.2, -0.15) is 0 Å². The fourth-order valence-electron chi connectivity index (χ4n) is 2.47. The van der Waals surface area contributed by atoms with E-state index in [1.54, 1.807) is 13.2 Å². The van der Waals surface area contributed by atoms with Gasteiger partial charge in [-0.1, -0.05) is 12.1 Å². The minimum atomic E-state index is 0.369. The van der Waals surface area contributed by atoms with Crippen molar-refractivity contribution >= 4 is 12.0 Å². The SMILES string of the molecule is COc1cc(-c2ccc(N(C)C)cc2)c(C=O)c(OC)c1OC. The van der Waals surface area contributed by atoms with Crippen LogP contribution in [0.4, 0.5) is 5.69 Å². The first kappa shape index (κ1) is 16.7. The standard InChI is InChI=1S/C18H21NO4/c1-19(2)13-8-6-12(7-9-13)14-10-16(21-3)18(23-5)17(22-4)15(14)11-20/h6-11H,1-5H3. The number of rotatable bonds is 6. The van der Waals surface area contributed by atoms with Gasteiger partial charge in [0.1, 0.15) is 0 Å². The Morgan fingerprint density at radius 2 is 1.52 bits per heavy atom. The molecule has 5 nitrogen and oxygen atoms in total. The highest BCUT2D eigenvalue weighted by Gasteiger charge is 2.21. The van der Waals surface area contributed by atoms with Crippen LogP contribution in [0.5, 0.6) is 17.2 Å². The number of nitrogens with zero attached hydrogens (tertiary/aromatic N) is 1. The zero-order valence-electron chi connectivity index (χ0n) is 14.0. The summed E-state index contributed by atoms with van der Waals surface area (Å²) in [6, 6.07) is 9.70.